The van der Waals surface area contributed by atoms with Crippen LogP contribution in [0.5, 0.6) is 5.75 Å². The number of hydrogen-bond acceptors (Lipinski definition) is 4. The van der Waals surface area contributed by atoms with Gasteiger partial charge in [-0.15, -0.1) is 0 Å². The van der Waals surface area contributed by atoms with Crippen LogP contribution >= 0.6 is 0 Å². The van der Waals surface area contributed by atoms with E-state index < -0.39 is 23.6 Å². The number of nitrogens with zero attached hydrogens (tertiary/aromatic N) is 1. The number of hydrogen-bond donors (Lipinski definition) is 1. The van der Waals surface area contributed by atoms with E-state index in [0.717, 1.165) is 17.7 Å². The third-order valence-electron chi connectivity index (χ3n) is 4.44. The van der Waals surface area contributed by atoms with Crippen LogP contribution in [0.25, 0.3) is 0 Å². The van der Waals surface area contributed by atoms with Crippen LogP contribution in [0.15, 0.2) is 42.5 Å². The van der Waals surface area contributed by atoms with Crippen LogP contribution in [0, 0.1) is 11.6 Å². The van der Waals surface area contributed by atoms with Crippen molar-refractivity contribution in [2.24, 2.45) is 0 Å². The molecule has 7 heteroatoms. The molecule has 2 atom stereocenters. The van der Waals surface area contributed by atoms with Crippen molar-refractivity contribution in [2.75, 3.05) is 26.8 Å². The number of benzene rings is 2. The van der Waals surface area contributed by atoms with Crippen LogP contribution < -0.4 is 4.74 Å². The van der Waals surface area contributed by atoms with Crippen LogP contribution in [0.3, 0.4) is 0 Å². The number of halogens is 2. The highest BCUT2D eigenvalue weighted by atomic mass is 19.2. The van der Waals surface area contributed by atoms with Crippen molar-refractivity contribution >= 4 is 5.97 Å². The first-order valence-electron chi connectivity index (χ1n) is 8.17. The summed E-state index contributed by atoms with van der Waals surface area (Å²) in [6, 6.07) is 9.45. The lowest BCUT2D eigenvalue weighted by Crippen LogP contribution is -2.43. The minimum atomic E-state index is -1.12. The quantitative estimate of drug-likeness (QED) is 0.884. The highest BCUT2D eigenvalue weighted by Gasteiger charge is 2.33. The zero-order valence-corrected chi connectivity index (χ0v) is 14.2. The van der Waals surface area contributed by atoms with Gasteiger partial charge in [-0.25, -0.2) is 8.78 Å². The molecule has 1 saturated heterocycles. The molecule has 1 N–H and O–H groups in total. The van der Waals surface area contributed by atoms with Gasteiger partial charge in [-0.1, -0.05) is 18.2 Å². The van der Waals surface area contributed by atoms with Gasteiger partial charge in [-0.3, -0.25) is 9.69 Å². The predicted octanol–water partition coefficient (Wildman–Crippen LogP) is 3.17. The zero-order valence-electron chi connectivity index (χ0n) is 14.2. The third kappa shape index (κ3) is 3.84. The highest BCUT2D eigenvalue weighted by Crippen LogP contribution is 2.30. The SMILES string of the molecule is COc1ccc(C2CN(C(C(=O)O)c3ccc(F)c(F)c3)CCO2)cc1. The highest BCUT2D eigenvalue weighted by molar-refractivity contribution is 5.75. The molecule has 0 saturated carbocycles. The Balaban J connectivity index is 1.83. The van der Waals surface area contributed by atoms with Gasteiger partial charge in [0, 0.05) is 13.1 Å². The van der Waals surface area contributed by atoms with Gasteiger partial charge in [0.2, 0.25) is 0 Å². The summed E-state index contributed by atoms with van der Waals surface area (Å²) in [6.45, 7) is 1.04. The summed E-state index contributed by atoms with van der Waals surface area (Å²) in [5, 5.41) is 9.65. The molecule has 0 amide bonds. The van der Waals surface area contributed by atoms with Crippen molar-refractivity contribution in [2.45, 2.75) is 12.1 Å². The molecule has 1 aliphatic heterocycles. The summed E-state index contributed by atoms with van der Waals surface area (Å²) in [6.07, 6.45) is -0.318. The molecule has 138 valence electrons. The molecule has 0 bridgehead atoms. The lowest BCUT2D eigenvalue weighted by molar-refractivity contribution is -0.147. The Labute approximate surface area is 149 Å². The monoisotopic (exact) mass is 363 g/mol. The maximum atomic E-state index is 13.6. The smallest absolute Gasteiger partial charge is 0.325 e. The Morgan fingerprint density at radius 1 is 1.23 bits per heavy atom. The first-order valence-corrected chi connectivity index (χ1v) is 8.17. The van der Waals surface area contributed by atoms with Gasteiger partial charge in [-0.05, 0) is 35.4 Å². The van der Waals surface area contributed by atoms with Crippen LogP contribution in [0.4, 0.5) is 8.78 Å². The van der Waals surface area contributed by atoms with Crippen LogP contribution in [-0.4, -0.2) is 42.8 Å². The molecule has 1 aliphatic rings. The Morgan fingerprint density at radius 2 is 1.96 bits per heavy atom. The summed E-state index contributed by atoms with van der Waals surface area (Å²) in [4.78, 5) is 13.5. The van der Waals surface area contributed by atoms with Gasteiger partial charge in [0.1, 0.15) is 11.8 Å². The van der Waals surface area contributed by atoms with E-state index in [1.54, 1.807) is 12.0 Å². The van der Waals surface area contributed by atoms with E-state index in [1.807, 2.05) is 24.3 Å². The van der Waals surface area contributed by atoms with E-state index in [1.165, 1.54) is 6.07 Å². The maximum absolute atomic E-state index is 13.6. The largest absolute Gasteiger partial charge is 0.497 e. The molecular weight excluding hydrogens is 344 g/mol. The van der Waals surface area contributed by atoms with Crippen LogP contribution in [0.1, 0.15) is 23.3 Å². The van der Waals surface area contributed by atoms with E-state index in [9.17, 15) is 18.7 Å². The number of carboxylic acids is 1. The van der Waals surface area contributed by atoms with Gasteiger partial charge in [-0.2, -0.15) is 0 Å². The van der Waals surface area contributed by atoms with Crippen LogP contribution in [-0.2, 0) is 9.53 Å². The summed E-state index contributed by atoms with van der Waals surface area (Å²) in [5.74, 6) is -2.47. The normalized spacial score (nSPS) is 19.1. The number of aliphatic carboxylic acids is 1. The average molecular weight is 363 g/mol. The summed E-state index contributed by atoms with van der Waals surface area (Å²) < 4.78 is 37.6. The minimum absolute atomic E-state index is 0.201. The number of methoxy groups -OCH3 is 1. The van der Waals surface area contributed by atoms with E-state index in [4.69, 9.17) is 9.47 Å². The third-order valence-corrected chi connectivity index (χ3v) is 4.44. The van der Waals surface area contributed by atoms with Crippen molar-refractivity contribution in [3.8, 4) is 5.75 Å². The van der Waals surface area contributed by atoms with Gasteiger partial charge in [0.05, 0.1) is 19.8 Å². The fourth-order valence-electron chi connectivity index (χ4n) is 3.12. The maximum Gasteiger partial charge on any atom is 0.325 e. The molecule has 0 aromatic heterocycles. The molecule has 3 rings (SSSR count). The van der Waals surface area contributed by atoms with Crippen molar-refractivity contribution in [1.29, 1.82) is 0 Å². The first-order chi connectivity index (χ1) is 12.5. The fourth-order valence-corrected chi connectivity index (χ4v) is 3.12. The second-order valence-corrected chi connectivity index (χ2v) is 6.04. The van der Waals surface area contributed by atoms with E-state index in [2.05, 4.69) is 0 Å². The van der Waals surface area contributed by atoms with E-state index in [-0.39, 0.29) is 11.7 Å². The molecular formula is C19H19F2NO4. The lowest BCUT2D eigenvalue weighted by atomic mass is 10.0. The molecule has 0 aliphatic carbocycles. The number of carbonyl (C=O) groups is 1. The molecule has 2 unspecified atom stereocenters. The van der Waals surface area contributed by atoms with Gasteiger partial charge in [0.15, 0.2) is 11.6 Å². The molecule has 1 heterocycles. The molecule has 1 fully saturated rings. The molecule has 0 spiro atoms. The Morgan fingerprint density at radius 3 is 2.58 bits per heavy atom. The summed E-state index contributed by atoms with van der Waals surface area (Å²) in [7, 11) is 1.58. The average Bonchev–Trinajstić information content (AvgIpc) is 2.65. The van der Waals surface area contributed by atoms with Gasteiger partial charge < -0.3 is 14.6 Å². The molecule has 2 aromatic carbocycles. The number of ether oxygens (including phenoxy) is 2. The van der Waals surface area contributed by atoms with E-state index >= 15 is 0 Å². The van der Waals surface area contributed by atoms with E-state index in [0.29, 0.717) is 25.4 Å². The summed E-state index contributed by atoms with van der Waals surface area (Å²) in [5.41, 5.74) is 1.09. The van der Waals surface area contributed by atoms with Crippen molar-refractivity contribution in [1.82, 2.24) is 4.90 Å². The summed E-state index contributed by atoms with van der Waals surface area (Å²) >= 11 is 0. The van der Waals surface area contributed by atoms with Crippen molar-refractivity contribution < 1.29 is 28.2 Å². The molecule has 2 aromatic rings. The first kappa shape index (κ1) is 18.3. The number of morpholine rings is 1. The fraction of sp³-hybridized carbons (Fsp3) is 0.316. The molecule has 0 radical (unpaired) electrons. The Kier molecular flexibility index (Phi) is 5.49. The van der Waals surface area contributed by atoms with Crippen molar-refractivity contribution in [3.63, 3.8) is 0 Å². The van der Waals surface area contributed by atoms with Crippen LogP contribution in [0.2, 0.25) is 0 Å². The second kappa shape index (κ2) is 7.80. The second-order valence-electron chi connectivity index (χ2n) is 6.04. The minimum Gasteiger partial charge on any atom is -0.497 e. The topological polar surface area (TPSA) is 59.0 Å². The Bertz CT molecular complexity index is 782. The molecule has 26 heavy (non-hydrogen) atoms. The predicted molar refractivity (Wildman–Crippen MR) is 90.0 cm³/mol. The zero-order chi connectivity index (χ0) is 18.7. The number of rotatable bonds is 5. The van der Waals surface area contributed by atoms with Crippen molar-refractivity contribution in [3.05, 3.63) is 65.2 Å². The number of carboxylic acid groups (broad SMARTS) is 1. The Hall–Kier alpha value is -2.51. The van der Waals surface area contributed by atoms with Gasteiger partial charge >= 0.3 is 5.97 Å². The standard InChI is InChI=1S/C19H19F2NO4/c1-25-14-5-2-12(3-6-14)17-11-22(8-9-26-17)18(19(23)24)13-4-7-15(20)16(21)10-13/h2-7,10,17-18H,8-9,11H2,1H3,(H,23,24). The van der Waals surface area contributed by atoms with Gasteiger partial charge in [0.25, 0.3) is 0 Å². The molecule has 5 nitrogen and oxygen atoms in total. The lowest BCUT2D eigenvalue weighted by Gasteiger charge is -2.36.